The van der Waals surface area contributed by atoms with E-state index < -0.39 is 23.8 Å². The summed E-state index contributed by atoms with van der Waals surface area (Å²) in [5, 5.41) is 5.80. The van der Waals surface area contributed by atoms with Crippen LogP contribution in [0.1, 0.15) is 68.6 Å². The van der Waals surface area contributed by atoms with Gasteiger partial charge in [-0.15, -0.1) is 0 Å². The lowest BCUT2D eigenvalue weighted by Crippen LogP contribution is -2.13. The summed E-state index contributed by atoms with van der Waals surface area (Å²) in [5.74, 6) is -3.46. The zero-order valence-electron chi connectivity index (χ0n) is 21.9. The summed E-state index contributed by atoms with van der Waals surface area (Å²) in [6, 6.07) is 13.9. The first kappa shape index (κ1) is 29.5. The lowest BCUT2D eigenvalue weighted by atomic mass is 10.0. The minimum atomic E-state index is -0.844. The maximum Gasteiger partial charge on any atom is 0.346 e. The van der Waals surface area contributed by atoms with Gasteiger partial charge < -0.3 is 15.4 Å². The second-order valence-corrected chi connectivity index (χ2v) is 11.4. The molecule has 0 saturated carbocycles. The van der Waals surface area contributed by atoms with Gasteiger partial charge in [0.25, 0.3) is 11.8 Å². The molecular formula is C31H14Cl4N2O7. The average molecular weight is 668 g/mol. The van der Waals surface area contributed by atoms with Crippen molar-refractivity contribution in [3.05, 3.63) is 114 Å². The lowest BCUT2D eigenvalue weighted by molar-refractivity contribution is 0.0443. The summed E-state index contributed by atoms with van der Waals surface area (Å²) in [7, 11) is 0. The molecule has 0 spiro atoms. The Balaban J connectivity index is 1.22. The standard InChI is InChI=1S/C31H14Cl4N2O7/c32-20-9-24(36-28(40)12-1-3-14-18(5-12)27(39)11-26(14)38)22(34)7-16(20)17-8-23(35)25(10-21(17)33)37-29(41)13-2-4-15-19(6-13)31(43)44-30(15)42/h1-10H,11H2,(H,36,40)(H,37,41). The van der Waals surface area contributed by atoms with Crippen molar-refractivity contribution in [2.75, 3.05) is 10.6 Å². The van der Waals surface area contributed by atoms with Gasteiger partial charge in [0, 0.05) is 33.4 Å². The van der Waals surface area contributed by atoms with Gasteiger partial charge in [0.2, 0.25) is 0 Å². The molecule has 1 heterocycles. The van der Waals surface area contributed by atoms with Crippen molar-refractivity contribution in [3.8, 4) is 11.1 Å². The van der Waals surface area contributed by atoms with E-state index in [0.717, 1.165) is 0 Å². The van der Waals surface area contributed by atoms with Crippen molar-refractivity contribution < 1.29 is 33.5 Å². The van der Waals surface area contributed by atoms with Crippen LogP contribution in [-0.4, -0.2) is 35.3 Å². The van der Waals surface area contributed by atoms with E-state index in [4.69, 9.17) is 46.4 Å². The van der Waals surface area contributed by atoms with E-state index in [1.165, 1.54) is 60.7 Å². The monoisotopic (exact) mass is 666 g/mol. The Morgan fingerprint density at radius 3 is 1.52 bits per heavy atom. The van der Waals surface area contributed by atoms with Gasteiger partial charge in [-0.05, 0) is 60.7 Å². The number of halogens is 4. The van der Waals surface area contributed by atoms with Crippen LogP contribution in [0.2, 0.25) is 20.1 Å². The Morgan fingerprint density at radius 1 is 0.523 bits per heavy atom. The molecule has 0 atom stereocenters. The molecule has 0 saturated heterocycles. The van der Waals surface area contributed by atoms with E-state index in [1.807, 2.05) is 0 Å². The number of esters is 2. The molecule has 2 amide bonds. The van der Waals surface area contributed by atoms with Crippen LogP contribution in [0, 0.1) is 0 Å². The zero-order valence-corrected chi connectivity index (χ0v) is 24.9. The third-order valence-electron chi connectivity index (χ3n) is 7.01. The maximum absolute atomic E-state index is 12.9. The Labute approximate surface area is 268 Å². The number of Topliss-reactive ketones (excluding diaryl/α,β-unsaturated/α-hetero) is 2. The van der Waals surface area contributed by atoms with Crippen molar-refractivity contribution >= 4 is 93.1 Å². The van der Waals surface area contributed by atoms with E-state index in [9.17, 15) is 28.8 Å². The number of carbonyl (C=O) groups excluding carboxylic acids is 6. The molecule has 1 aliphatic carbocycles. The van der Waals surface area contributed by atoms with E-state index in [2.05, 4.69) is 15.4 Å². The molecule has 2 N–H and O–H groups in total. The fourth-order valence-corrected chi connectivity index (χ4v) is 5.76. The first-order chi connectivity index (χ1) is 20.9. The molecule has 0 bridgehead atoms. The van der Waals surface area contributed by atoms with Crippen molar-refractivity contribution in [3.63, 3.8) is 0 Å². The minimum Gasteiger partial charge on any atom is -0.386 e. The topological polar surface area (TPSA) is 136 Å². The predicted molar refractivity (Wildman–Crippen MR) is 164 cm³/mol. The number of hydrogen-bond donors (Lipinski definition) is 2. The molecule has 0 radical (unpaired) electrons. The molecular weight excluding hydrogens is 654 g/mol. The van der Waals surface area contributed by atoms with Crippen LogP contribution in [0.25, 0.3) is 11.1 Å². The summed E-state index contributed by atoms with van der Waals surface area (Å²) in [6.45, 7) is 0. The number of anilines is 2. The van der Waals surface area contributed by atoms with Gasteiger partial charge in [-0.1, -0.05) is 46.4 Å². The van der Waals surface area contributed by atoms with Crippen LogP contribution in [0.15, 0.2) is 60.7 Å². The number of amides is 2. The second-order valence-electron chi connectivity index (χ2n) is 9.75. The van der Waals surface area contributed by atoms with Crippen LogP contribution in [-0.2, 0) is 4.74 Å². The predicted octanol–water partition coefficient (Wildman–Crippen LogP) is 7.55. The summed E-state index contributed by atoms with van der Waals surface area (Å²) in [6.07, 6.45) is -0.223. The van der Waals surface area contributed by atoms with Crippen LogP contribution in [0.3, 0.4) is 0 Å². The van der Waals surface area contributed by atoms with Crippen molar-refractivity contribution in [1.29, 1.82) is 0 Å². The molecule has 13 heteroatoms. The molecule has 4 aromatic carbocycles. The van der Waals surface area contributed by atoms with Gasteiger partial charge in [-0.2, -0.15) is 0 Å². The Morgan fingerprint density at radius 2 is 0.977 bits per heavy atom. The maximum atomic E-state index is 12.9. The highest BCUT2D eigenvalue weighted by Gasteiger charge is 2.31. The first-order valence-electron chi connectivity index (χ1n) is 12.6. The number of carbonyl (C=O) groups is 6. The molecule has 44 heavy (non-hydrogen) atoms. The average Bonchev–Trinajstić information content (AvgIpc) is 3.44. The zero-order chi connectivity index (χ0) is 31.4. The van der Waals surface area contributed by atoms with Gasteiger partial charge in [-0.25, -0.2) is 9.59 Å². The molecule has 4 aromatic rings. The molecule has 0 fully saturated rings. The van der Waals surface area contributed by atoms with Gasteiger partial charge in [0.1, 0.15) is 0 Å². The van der Waals surface area contributed by atoms with E-state index >= 15 is 0 Å². The third kappa shape index (κ3) is 5.24. The molecule has 218 valence electrons. The van der Waals surface area contributed by atoms with E-state index in [-0.39, 0.29) is 82.8 Å². The van der Waals surface area contributed by atoms with Crippen molar-refractivity contribution in [2.24, 2.45) is 0 Å². The summed E-state index contributed by atoms with van der Waals surface area (Å²) in [5.41, 5.74) is 1.85. The second kappa shape index (κ2) is 11.2. The Bertz CT molecular complexity index is 1900. The van der Waals surface area contributed by atoms with Gasteiger partial charge in [-0.3, -0.25) is 19.2 Å². The summed E-state index contributed by atoms with van der Waals surface area (Å²) < 4.78 is 4.55. The van der Waals surface area contributed by atoms with Crippen LogP contribution in [0.5, 0.6) is 0 Å². The fourth-order valence-electron chi connectivity index (χ4n) is 4.81. The van der Waals surface area contributed by atoms with Crippen molar-refractivity contribution in [2.45, 2.75) is 6.42 Å². The highest BCUT2D eigenvalue weighted by molar-refractivity contribution is 6.41. The lowest BCUT2D eigenvalue weighted by Gasteiger charge is -2.15. The summed E-state index contributed by atoms with van der Waals surface area (Å²) in [4.78, 5) is 73.3. The quantitative estimate of drug-likeness (QED) is 0.166. The van der Waals surface area contributed by atoms with Crippen LogP contribution >= 0.6 is 46.4 Å². The number of nitrogens with one attached hydrogen (secondary N) is 2. The van der Waals surface area contributed by atoms with Gasteiger partial charge >= 0.3 is 11.9 Å². The Hall–Kier alpha value is -4.54. The molecule has 0 aromatic heterocycles. The number of cyclic esters (lactones) is 2. The first-order valence-corrected chi connectivity index (χ1v) is 14.1. The number of rotatable bonds is 5. The van der Waals surface area contributed by atoms with Gasteiger partial charge in [0.05, 0.1) is 49.0 Å². The molecule has 6 rings (SSSR count). The smallest absolute Gasteiger partial charge is 0.346 e. The number of hydrogen-bond acceptors (Lipinski definition) is 7. The van der Waals surface area contributed by atoms with E-state index in [1.54, 1.807) is 0 Å². The van der Waals surface area contributed by atoms with Crippen LogP contribution < -0.4 is 10.6 Å². The van der Waals surface area contributed by atoms with E-state index in [0.29, 0.717) is 11.1 Å². The van der Waals surface area contributed by atoms with Gasteiger partial charge in [0.15, 0.2) is 11.6 Å². The van der Waals surface area contributed by atoms with Crippen LogP contribution in [0.4, 0.5) is 11.4 Å². The number of ether oxygens (including phenoxy) is 1. The highest BCUT2D eigenvalue weighted by atomic mass is 35.5. The molecule has 2 aliphatic rings. The summed E-state index contributed by atoms with van der Waals surface area (Å²) >= 11 is 26.0. The third-order valence-corrected chi connectivity index (χ3v) is 8.26. The minimum absolute atomic E-state index is 0.0212. The Kier molecular flexibility index (Phi) is 7.51. The van der Waals surface area contributed by atoms with Crippen molar-refractivity contribution in [1.82, 2.24) is 0 Å². The number of benzene rings is 4. The molecule has 0 unspecified atom stereocenters. The largest absolute Gasteiger partial charge is 0.386 e. The SMILES string of the molecule is O=C(Nc1cc(Cl)c(-c2cc(Cl)c(NC(=O)c3ccc4c(c3)C(=O)OC4=O)cc2Cl)cc1Cl)c1ccc2c(c1)C(=O)CC2=O. The number of ketones is 2. The normalized spacial score (nSPS) is 13.5. The molecule has 9 nitrogen and oxygen atoms in total. The fraction of sp³-hybridized carbons (Fsp3) is 0.0323. The highest BCUT2D eigenvalue weighted by Crippen LogP contribution is 2.42. The number of fused-ring (bicyclic) bond motifs is 2. The molecule has 1 aliphatic heterocycles.